The summed E-state index contributed by atoms with van der Waals surface area (Å²) >= 11 is 0. The molecule has 4 heteroatoms. The molecule has 1 rings (SSSR count). The van der Waals surface area contributed by atoms with Crippen molar-refractivity contribution in [3.8, 4) is 0 Å². The lowest BCUT2D eigenvalue weighted by molar-refractivity contribution is 0.107. The van der Waals surface area contributed by atoms with Crippen molar-refractivity contribution >= 4 is 11.8 Å². The molecule has 0 saturated carbocycles. The minimum atomic E-state index is -0.245. The van der Waals surface area contributed by atoms with Crippen LogP contribution in [0.15, 0.2) is 0 Å². The molecule has 0 aromatic carbocycles. The van der Waals surface area contributed by atoms with E-state index in [1.54, 1.807) is 11.8 Å². The highest BCUT2D eigenvalue weighted by Crippen LogP contribution is 2.06. The highest BCUT2D eigenvalue weighted by molar-refractivity contribution is 5.83. The van der Waals surface area contributed by atoms with Gasteiger partial charge in [0.05, 0.1) is 6.61 Å². The van der Waals surface area contributed by atoms with E-state index in [0.717, 1.165) is 5.71 Å². The molecule has 0 bridgehead atoms. The lowest BCUT2D eigenvalue weighted by Crippen LogP contribution is -2.38. The third-order valence-corrected chi connectivity index (χ3v) is 1.89. The molecule has 0 unspecified atom stereocenters. The predicted molar refractivity (Wildman–Crippen MR) is 45.6 cm³/mol. The van der Waals surface area contributed by atoms with E-state index < -0.39 is 0 Å². The van der Waals surface area contributed by atoms with Gasteiger partial charge in [0.25, 0.3) is 0 Å². The van der Waals surface area contributed by atoms with Crippen molar-refractivity contribution in [2.45, 2.75) is 19.8 Å². The number of nitrogens with one attached hydrogen (secondary N) is 1. The number of rotatable bonds is 1. The molecule has 0 radical (unpaired) electrons. The molecule has 0 aromatic rings. The Morgan fingerprint density at radius 3 is 2.67 bits per heavy atom. The summed E-state index contributed by atoms with van der Waals surface area (Å²) in [4.78, 5) is 12.8. The number of carbonyl (C=O) groups is 1. The van der Waals surface area contributed by atoms with Crippen LogP contribution < -0.4 is 0 Å². The minimum Gasteiger partial charge on any atom is -0.450 e. The fourth-order valence-electron chi connectivity index (χ4n) is 1.17. The molecule has 68 valence electrons. The van der Waals surface area contributed by atoms with Gasteiger partial charge in [-0.15, -0.1) is 0 Å². The van der Waals surface area contributed by atoms with Gasteiger partial charge in [0, 0.05) is 31.6 Å². The van der Waals surface area contributed by atoms with Crippen LogP contribution in [0, 0.1) is 5.41 Å². The minimum absolute atomic E-state index is 0.245. The Bertz CT molecular complexity index is 181. The van der Waals surface area contributed by atoms with Gasteiger partial charge in [0.1, 0.15) is 0 Å². The average molecular weight is 170 g/mol. The molecule has 1 saturated heterocycles. The van der Waals surface area contributed by atoms with Crippen molar-refractivity contribution < 1.29 is 9.53 Å². The van der Waals surface area contributed by atoms with E-state index >= 15 is 0 Å². The third kappa shape index (κ3) is 2.22. The summed E-state index contributed by atoms with van der Waals surface area (Å²) in [5.74, 6) is 0. The fraction of sp³-hybridized carbons (Fsp3) is 0.750. The summed E-state index contributed by atoms with van der Waals surface area (Å²) < 4.78 is 4.83. The Labute approximate surface area is 72.0 Å². The summed E-state index contributed by atoms with van der Waals surface area (Å²) in [7, 11) is 0. The van der Waals surface area contributed by atoms with Crippen molar-refractivity contribution in [3.05, 3.63) is 0 Å². The van der Waals surface area contributed by atoms with Crippen LogP contribution in [0.1, 0.15) is 19.8 Å². The van der Waals surface area contributed by atoms with Crippen LogP contribution in [-0.4, -0.2) is 36.4 Å². The van der Waals surface area contributed by atoms with E-state index in [1.165, 1.54) is 0 Å². The quantitative estimate of drug-likeness (QED) is 0.644. The van der Waals surface area contributed by atoms with Gasteiger partial charge < -0.3 is 15.0 Å². The highest BCUT2D eigenvalue weighted by Gasteiger charge is 2.19. The average Bonchev–Trinajstić information content (AvgIpc) is 2.06. The zero-order valence-electron chi connectivity index (χ0n) is 7.30. The first-order valence-corrected chi connectivity index (χ1v) is 4.22. The maximum atomic E-state index is 11.1. The lowest BCUT2D eigenvalue weighted by Gasteiger charge is -2.25. The molecule has 1 aliphatic heterocycles. The molecule has 1 fully saturated rings. The molecule has 0 aromatic heterocycles. The molecule has 12 heavy (non-hydrogen) atoms. The molecule has 1 aliphatic rings. The summed E-state index contributed by atoms with van der Waals surface area (Å²) in [6.45, 7) is 3.49. The second-order valence-corrected chi connectivity index (χ2v) is 2.79. The van der Waals surface area contributed by atoms with E-state index in [9.17, 15) is 4.79 Å². The molecular weight excluding hydrogens is 156 g/mol. The molecule has 1 heterocycles. The van der Waals surface area contributed by atoms with Crippen LogP contribution in [0.3, 0.4) is 0 Å². The third-order valence-electron chi connectivity index (χ3n) is 1.89. The van der Waals surface area contributed by atoms with Gasteiger partial charge in [-0.1, -0.05) is 0 Å². The van der Waals surface area contributed by atoms with E-state index in [4.69, 9.17) is 10.1 Å². The molecule has 4 nitrogen and oxygen atoms in total. The van der Waals surface area contributed by atoms with Gasteiger partial charge in [-0.05, 0) is 6.92 Å². The van der Waals surface area contributed by atoms with E-state index in [-0.39, 0.29) is 6.09 Å². The van der Waals surface area contributed by atoms with Crippen molar-refractivity contribution in [2.24, 2.45) is 0 Å². The zero-order chi connectivity index (χ0) is 8.97. The number of hydrogen-bond acceptors (Lipinski definition) is 3. The maximum absolute atomic E-state index is 11.1. The first-order valence-electron chi connectivity index (χ1n) is 4.22. The Morgan fingerprint density at radius 1 is 1.58 bits per heavy atom. The van der Waals surface area contributed by atoms with Crippen LogP contribution in [0.4, 0.5) is 4.79 Å². The van der Waals surface area contributed by atoms with Gasteiger partial charge in [-0.25, -0.2) is 4.79 Å². The van der Waals surface area contributed by atoms with Gasteiger partial charge in [-0.2, -0.15) is 0 Å². The predicted octanol–water partition coefficient (Wildman–Crippen LogP) is 1.26. The zero-order valence-corrected chi connectivity index (χ0v) is 7.30. The van der Waals surface area contributed by atoms with E-state index in [2.05, 4.69) is 0 Å². The van der Waals surface area contributed by atoms with Gasteiger partial charge >= 0.3 is 6.09 Å². The highest BCUT2D eigenvalue weighted by atomic mass is 16.6. The Balaban J connectivity index is 2.33. The van der Waals surface area contributed by atoms with Crippen LogP contribution >= 0.6 is 0 Å². The Hall–Kier alpha value is -1.06. The number of ether oxygens (including phenoxy) is 1. The second-order valence-electron chi connectivity index (χ2n) is 2.79. The Morgan fingerprint density at radius 2 is 2.17 bits per heavy atom. The molecule has 1 N–H and O–H groups in total. The van der Waals surface area contributed by atoms with Crippen molar-refractivity contribution in [2.75, 3.05) is 19.7 Å². The van der Waals surface area contributed by atoms with Crippen molar-refractivity contribution in [1.29, 1.82) is 5.41 Å². The van der Waals surface area contributed by atoms with E-state index in [0.29, 0.717) is 32.5 Å². The van der Waals surface area contributed by atoms with Crippen LogP contribution in [0.25, 0.3) is 0 Å². The molecule has 0 aliphatic carbocycles. The summed E-state index contributed by atoms with van der Waals surface area (Å²) in [5.41, 5.74) is 0.732. The van der Waals surface area contributed by atoms with Crippen LogP contribution in [-0.2, 0) is 4.74 Å². The van der Waals surface area contributed by atoms with Crippen molar-refractivity contribution in [3.63, 3.8) is 0 Å². The molecule has 1 amide bonds. The normalized spacial score (nSPS) is 17.8. The summed E-state index contributed by atoms with van der Waals surface area (Å²) in [6.07, 6.45) is 1.14. The van der Waals surface area contributed by atoms with Crippen LogP contribution in [0.5, 0.6) is 0 Å². The smallest absolute Gasteiger partial charge is 0.409 e. The van der Waals surface area contributed by atoms with Crippen LogP contribution in [0.2, 0.25) is 0 Å². The first kappa shape index (κ1) is 9.03. The number of nitrogens with zero attached hydrogens (tertiary/aromatic N) is 1. The molecule has 0 atom stereocenters. The first-order chi connectivity index (χ1) is 5.74. The molecule has 0 spiro atoms. The standard InChI is InChI=1S/C8H14N2O2/c1-2-12-8(11)10-5-3-7(9)4-6-10/h9H,2-6H2,1H3. The number of amides is 1. The second kappa shape index (κ2) is 4.09. The number of carbonyl (C=O) groups excluding carboxylic acids is 1. The molecular formula is C8H14N2O2. The fourth-order valence-corrected chi connectivity index (χ4v) is 1.17. The number of likely N-dealkylation sites (tertiary alicyclic amines) is 1. The summed E-state index contributed by atoms with van der Waals surface area (Å²) in [6, 6.07) is 0. The van der Waals surface area contributed by atoms with Gasteiger partial charge in [0.2, 0.25) is 0 Å². The van der Waals surface area contributed by atoms with E-state index in [1.807, 2.05) is 0 Å². The van der Waals surface area contributed by atoms with Gasteiger partial charge in [0.15, 0.2) is 0 Å². The largest absolute Gasteiger partial charge is 0.450 e. The Kier molecular flexibility index (Phi) is 3.08. The number of hydrogen-bond donors (Lipinski definition) is 1. The van der Waals surface area contributed by atoms with Crippen molar-refractivity contribution in [1.82, 2.24) is 4.90 Å². The topological polar surface area (TPSA) is 53.4 Å². The summed E-state index contributed by atoms with van der Waals surface area (Å²) in [5, 5.41) is 7.34. The SMILES string of the molecule is CCOC(=O)N1CCC(=N)CC1. The van der Waals surface area contributed by atoms with Gasteiger partial charge in [-0.3, -0.25) is 0 Å². The maximum Gasteiger partial charge on any atom is 0.409 e. The number of piperidine rings is 1. The lowest BCUT2D eigenvalue weighted by atomic mass is 10.1. The monoisotopic (exact) mass is 170 g/mol.